The molecule has 3 N–H and O–H groups in total. The van der Waals surface area contributed by atoms with Gasteiger partial charge in [-0.15, -0.1) is 0 Å². The second-order valence-corrected chi connectivity index (χ2v) is 5.09. The summed E-state index contributed by atoms with van der Waals surface area (Å²) < 4.78 is 5.59. The maximum Gasteiger partial charge on any atom is 0.0778 e. The molecule has 1 unspecified atom stereocenters. The van der Waals surface area contributed by atoms with Crippen molar-refractivity contribution in [1.29, 1.82) is 0 Å². The average molecular weight is 251 g/mol. The molecule has 4 nitrogen and oxygen atoms in total. The molecule has 0 radical (unpaired) electrons. The first-order valence-corrected chi connectivity index (χ1v) is 6.48. The first-order valence-electron chi connectivity index (χ1n) is 6.48. The zero-order chi connectivity index (χ0) is 13.6. The molecule has 1 aromatic rings. The third-order valence-electron chi connectivity index (χ3n) is 3.37. The van der Waals surface area contributed by atoms with Gasteiger partial charge in [-0.2, -0.15) is 0 Å². The van der Waals surface area contributed by atoms with Crippen molar-refractivity contribution in [2.75, 3.05) is 19.4 Å². The Labute approximate surface area is 110 Å². The maximum absolute atomic E-state index is 5.97. The highest BCUT2D eigenvalue weighted by Gasteiger charge is 2.29. The van der Waals surface area contributed by atoms with Crippen LogP contribution in [0.15, 0.2) is 18.5 Å². The lowest BCUT2D eigenvalue weighted by Gasteiger charge is -2.34. The quantitative estimate of drug-likeness (QED) is 0.778. The summed E-state index contributed by atoms with van der Waals surface area (Å²) in [5, 5.41) is 3.53. The van der Waals surface area contributed by atoms with E-state index in [4.69, 9.17) is 10.5 Å². The standard InChI is InChI=1S/C14H25N3O/c1-5-7-17-13(14(2,3)18-4)9-11-10-16-8-6-12(11)15/h6,8,10,13,17H,5,7,9H2,1-4H3,(H2,15,16). The van der Waals surface area contributed by atoms with Gasteiger partial charge in [0.2, 0.25) is 0 Å². The molecule has 0 aromatic carbocycles. The van der Waals surface area contributed by atoms with E-state index in [1.165, 1.54) is 0 Å². The Hall–Kier alpha value is -1.13. The van der Waals surface area contributed by atoms with Gasteiger partial charge in [0.25, 0.3) is 0 Å². The third kappa shape index (κ3) is 3.96. The largest absolute Gasteiger partial charge is 0.398 e. The first kappa shape index (κ1) is 14.9. The number of hydrogen-bond donors (Lipinski definition) is 2. The maximum atomic E-state index is 5.97. The minimum Gasteiger partial charge on any atom is -0.398 e. The van der Waals surface area contributed by atoms with E-state index in [1.807, 2.05) is 12.3 Å². The molecule has 1 rings (SSSR count). The Morgan fingerprint density at radius 3 is 2.78 bits per heavy atom. The molecule has 0 aliphatic carbocycles. The summed E-state index contributed by atoms with van der Waals surface area (Å²) in [6.07, 6.45) is 5.47. The number of ether oxygens (including phenoxy) is 1. The summed E-state index contributed by atoms with van der Waals surface area (Å²) in [5.41, 5.74) is 7.59. The summed E-state index contributed by atoms with van der Waals surface area (Å²) in [5.74, 6) is 0. The molecule has 18 heavy (non-hydrogen) atoms. The number of anilines is 1. The van der Waals surface area contributed by atoms with Crippen molar-refractivity contribution in [3.8, 4) is 0 Å². The van der Waals surface area contributed by atoms with E-state index < -0.39 is 0 Å². The van der Waals surface area contributed by atoms with Gasteiger partial charge in [0.15, 0.2) is 0 Å². The summed E-state index contributed by atoms with van der Waals surface area (Å²) in [4.78, 5) is 4.14. The molecule has 0 saturated heterocycles. The zero-order valence-corrected chi connectivity index (χ0v) is 11.9. The van der Waals surface area contributed by atoms with Crippen molar-refractivity contribution in [2.24, 2.45) is 0 Å². The Bertz CT molecular complexity index is 366. The van der Waals surface area contributed by atoms with Crippen molar-refractivity contribution >= 4 is 5.69 Å². The van der Waals surface area contributed by atoms with Crippen LogP contribution in [-0.2, 0) is 11.2 Å². The van der Waals surface area contributed by atoms with Crippen LogP contribution in [0.4, 0.5) is 5.69 Å². The minimum absolute atomic E-state index is 0.217. The first-order chi connectivity index (χ1) is 8.51. The lowest BCUT2D eigenvalue weighted by atomic mass is 9.92. The molecule has 0 aliphatic rings. The van der Waals surface area contributed by atoms with Crippen LogP contribution in [0.2, 0.25) is 0 Å². The molecule has 1 aromatic heterocycles. The van der Waals surface area contributed by atoms with Gasteiger partial charge in [0, 0.05) is 31.2 Å². The monoisotopic (exact) mass is 251 g/mol. The summed E-state index contributed by atoms with van der Waals surface area (Å²) in [6, 6.07) is 2.06. The van der Waals surface area contributed by atoms with E-state index in [0.717, 1.165) is 30.6 Å². The molecule has 102 valence electrons. The molecular weight excluding hydrogens is 226 g/mol. The Balaban J connectivity index is 2.81. The molecule has 0 spiro atoms. The van der Waals surface area contributed by atoms with E-state index >= 15 is 0 Å². The van der Waals surface area contributed by atoms with Gasteiger partial charge in [-0.05, 0) is 44.9 Å². The van der Waals surface area contributed by atoms with E-state index in [0.29, 0.717) is 0 Å². The van der Waals surface area contributed by atoms with Crippen LogP contribution in [0.25, 0.3) is 0 Å². The normalized spacial score (nSPS) is 13.6. The lowest BCUT2D eigenvalue weighted by Crippen LogP contribution is -2.49. The van der Waals surface area contributed by atoms with Crippen LogP contribution in [0.3, 0.4) is 0 Å². The number of pyridine rings is 1. The zero-order valence-electron chi connectivity index (χ0n) is 11.9. The highest BCUT2D eigenvalue weighted by molar-refractivity contribution is 5.44. The van der Waals surface area contributed by atoms with Gasteiger partial charge < -0.3 is 15.8 Å². The predicted molar refractivity (Wildman–Crippen MR) is 75.5 cm³/mol. The number of hydrogen-bond acceptors (Lipinski definition) is 4. The lowest BCUT2D eigenvalue weighted by molar-refractivity contribution is -0.00994. The minimum atomic E-state index is -0.239. The van der Waals surface area contributed by atoms with Crippen LogP contribution >= 0.6 is 0 Å². The number of nitrogens with one attached hydrogen (secondary N) is 1. The summed E-state index contributed by atoms with van der Waals surface area (Å²) >= 11 is 0. The molecule has 0 bridgehead atoms. The van der Waals surface area contributed by atoms with E-state index in [2.05, 4.69) is 31.1 Å². The summed E-state index contributed by atoms with van der Waals surface area (Å²) in [7, 11) is 1.74. The van der Waals surface area contributed by atoms with E-state index in [-0.39, 0.29) is 11.6 Å². The Morgan fingerprint density at radius 2 is 2.22 bits per heavy atom. The molecule has 0 fully saturated rings. The Morgan fingerprint density at radius 1 is 1.50 bits per heavy atom. The van der Waals surface area contributed by atoms with Crippen LogP contribution < -0.4 is 11.1 Å². The third-order valence-corrected chi connectivity index (χ3v) is 3.37. The number of nitrogens with zero attached hydrogens (tertiary/aromatic N) is 1. The number of nitrogen functional groups attached to an aromatic ring is 1. The highest BCUT2D eigenvalue weighted by Crippen LogP contribution is 2.20. The second-order valence-electron chi connectivity index (χ2n) is 5.09. The van der Waals surface area contributed by atoms with Gasteiger partial charge in [-0.25, -0.2) is 0 Å². The topological polar surface area (TPSA) is 60.2 Å². The van der Waals surface area contributed by atoms with Crippen LogP contribution in [0.1, 0.15) is 32.8 Å². The number of methoxy groups -OCH3 is 1. The van der Waals surface area contributed by atoms with Crippen LogP contribution in [0, 0.1) is 0 Å². The number of rotatable bonds is 7. The van der Waals surface area contributed by atoms with Gasteiger partial charge >= 0.3 is 0 Å². The molecule has 1 atom stereocenters. The molecular formula is C14H25N3O. The predicted octanol–water partition coefficient (Wildman–Crippen LogP) is 2.00. The second kappa shape index (κ2) is 6.71. The highest BCUT2D eigenvalue weighted by atomic mass is 16.5. The van der Waals surface area contributed by atoms with Crippen molar-refractivity contribution in [3.05, 3.63) is 24.0 Å². The van der Waals surface area contributed by atoms with Gasteiger partial charge in [0.1, 0.15) is 0 Å². The fraction of sp³-hybridized carbons (Fsp3) is 0.643. The van der Waals surface area contributed by atoms with Gasteiger partial charge in [0.05, 0.1) is 5.60 Å². The van der Waals surface area contributed by atoms with E-state index in [9.17, 15) is 0 Å². The summed E-state index contributed by atoms with van der Waals surface area (Å²) in [6.45, 7) is 7.31. The molecule has 4 heteroatoms. The molecule has 1 heterocycles. The Kier molecular flexibility index (Phi) is 5.56. The molecule has 0 saturated carbocycles. The van der Waals surface area contributed by atoms with Crippen LogP contribution in [0.5, 0.6) is 0 Å². The fourth-order valence-corrected chi connectivity index (χ4v) is 1.85. The van der Waals surface area contributed by atoms with E-state index in [1.54, 1.807) is 13.3 Å². The number of nitrogens with two attached hydrogens (primary N) is 1. The van der Waals surface area contributed by atoms with Crippen molar-refractivity contribution < 1.29 is 4.74 Å². The molecule has 0 amide bonds. The van der Waals surface area contributed by atoms with Gasteiger partial charge in [-0.3, -0.25) is 4.98 Å². The van der Waals surface area contributed by atoms with Crippen LogP contribution in [-0.4, -0.2) is 30.3 Å². The van der Waals surface area contributed by atoms with Crippen molar-refractivity contribution in [2.45, 2.75) is 45.3 Å². The van der Waals surface area contributed by atoms with Gasteiger partial charge in [-0.1, -0.05) is 6.92 Å². The smallest absolute Gasteiger partial charge is 0.0778 e. The van der Waals surface area contributed by atoms with Crippen molar-refractivity contribution in [1.82, 2.24) is 10.3 Å². The fourth-order valence-electron chi connectivity index (χ4n) is 1.85. The number of aromatic nitrogens is 1. The average Bonchev–Trinajstić information content (AvgIpc) is 2.36. The SMILES string of the molecule is CCCNC(Cc1cnccc1N)C(C)(C)OC. The molecule has 0 aliphatic heterocycles. The van der Waals surface area contributed by atoms with Crippen molar-refractivity contribution in [3.63, 3.8) is 0 Å².